The lowest BCUT2D eigenvalue weighted by molar-refractivity contribution is -0.139. The SMILES string of the molecule is Cc1ccccc1CN(C(=O)CN(c1cccc(C)c1C)S(C)(=O)=O)C(C)C(=O)NC1CCCCC1. The van der Waals surface area contributed by atoms with Crippen LogP contribution >= 0.6 is 0 Å². The van der Waals surface area contributed by atoms with Crippen molar-refractivity contribution in [3.8, 4) is 0 Å². The molecule has 0 spiro atoms. The third kappa shape index (κ3) is 6.87. The topological polar surface area (TPSA) is 86.8 Å². The van der Waals surface area contributed by atoms with E-state index in [0.717, 1.165) is 58.5 Å². The van der Waals surface area contributed by atoms with Gasteiger partial charge >= 0.3 is 0 Å². The average molecular weight is 514 g/mol. The molecule has 0 aromatic heterocycles. The van der Waals surface area contributed by atoms with Gasteiger partial charge in [0, 0.05) is 12.6 Å². The molecule has 1 aliphatic carbocycles. The van der Waals surface area contributed by atoms with Gasteiger partial charge in [0.25, 0.3) is 0 Å². The molecule has 0 bridgehead atoms. The summed E-state index contributed by atoms with van der Waals surface area (Å²) in [6, 6.07) is 12.5. The Balaban J connectivity index is 1.91. The Morgan fingerprint density at radius 1 is 0.972 bits per heavy atom. The molecule has 8 heteroatoms. The first-order valence-corrected chi connectivity index (χ1v) is 14.5. The monoisotopic (exact) mass is 513 g/mol. The summed E-state index contributed by atoms with van der Waals surface area (Å²) in [6.45, 7) is 7.27. The lowest BCUT2D eigenvalue weighted by Crippen LogP contribution is -2.53. The summed E-state index contributed by atoms with van der Waals surface area (Å²) in [5.41, 5.74) is 4.13. The molecule has 36 heavy (non-hydrogen) atoms. The summed E-state index contributed by atoms with van der Waals surface area (Å²) in [6.07, 6.45) is 6.35. The van der Waals surface area contributed by atoms with Gasteiger partial charge in [-0.05, 0) is 68.9 Å². The Kier molecular flexibility index (Phi) is 9.17. The first kappa shape index (κ1) is 27.7. The van der Waals surface area contributed by atoms with Crippen LogP contribution in [0.5, 0.6) is 0 Å². The molecule has 1 unspecified atom stereocenters. The normalized spacial score (nSPS) is 15.2. The second kappa shape index (κ2) is 11.9. The Labute approximate surface area is 215 Å². The smallest absolute Gasteiger partial charge is 0.244 e. The number of carbonyl (C=O) groups excluding carboxylic acids is 2. The molecular formula is C28H39N3O4S. The molecule has 0 aliphatic heterocycles. The highest BCUT2D eigenvalue weighted by Crippen LogP contribution is 2.26. The molecule has 0 heterocycles. The lowest BCUT2D eigenvalue weighted by atomic mass is 9.95. The molecule has 0 saturated heterocycles. The van der Waals surface area contributed by atoms with Crippen molar-refractivity contribution >= 4 is 27.5 Å². The molecule has 1 saturated carbocycles. The van der Waals surface area contributed by atoms with Gasteiger partial charge in [0.15, 0.2) is 0 Å². The van der Waals surface area contributed by atoms with Crippen molar-refractivity contribution in [2.45, 2.75) is 78.4 Å². The van der Waals surface area contributed by atoms with Crippen molar-refractivity contribution in [1.29, 1.82) is 0 Å². The van der Waals surface area contributed by atoms with Crippen LogP contribution in [0.3, 0.4) is 0 Å². The van der Waals surface area contributed by atoms with Crippen molar-refractivity contribution in [1.82, 2.24) is 10.2 Å². The molecule has 1 N–H and O–H groups in total. The van der Waals surface area contributed by atoms with Gasteiger partial charge in [0.2, 0.25) is 21.8 Å². The van der Waals surface area contributed by atoms with Crippen LogP contribution in [0.4, 0.5) is 5.69 Å². The van der Waals surface area contributed by atoms with E-state index in [9.17, 15) is 18.0 Å². The average Bonchev–Trinajstić information content (AvgIpc) is 2.83. The molecule has 0 radical (unpaired) electrons. The van der Waals surface area contributed by atoms with Crippen LogP contribution in [0, 0.1) is 20.8 Å². The zero-order chi connectivity index (χ0) is 26.5. The van der Waals surface area contributed by atoms with Crippen LogP contribution in [0.25, 0.3) is 0 Å². The van der Waals surface area contributed by atoms with Gasteiger partial charge in [-0.25, -0.2) is 8.42 Å². The highest BCUT2D eigenvalue weighted by Gasteiger charge is 2.31. The van der Waals surface area contributed by atoms with Crippen molar-refractivity contribution < 1.29 is 18.0 Å². The van der Waals surface area contributed by atoms with E-state index in [2.05, 4.69) is 5.32 Å². The number of nitrogens with one attached hydrogen (secondary N) is 1. The predicted octanol–water partition coefficient (Wildman–Crippen LogP) is 4.24. The number of carbonyl (C=O) groups is 2. The van der Waals surface area contributed by atoms with Crippen molar-refractivity contribution in [3.63, 3.8) is 0 Å². The first-order chi connectivity index (χ1) is 17.0. The number of anilines is 1. The highest BCUT2D eigenvalue weighted by molar-refractivity contribution is 7.92. The molecular weight excluding hydrogens is 474 g/mol. The minimum absolute atomic E-state index is 0.117. The fourth-order valence-corrected chi connectivity index (χ4v) is 5.62. The number of rotatable bonds is 9. The van der Waals surface area contributed by atoms with Gasteiger partial charge in [-0.15, -0.1) is 0 Å². The Hall–Kier alpha value is -2.87. The maximum absolute atomic E-state index is 13.8. The molecule has 7 nitrogen and oxygen atoms in total. The molecule has 1 atom stereocenters. The third-order valence-corrected chi connectivity index (χ3v) is 8.37. The van der Waals surface area contributed by atoms with Gasteiger partial charge in [-0.2, -0.15) is 0 Å². The van der Waals surface area contributed by atoms with E-state index in [0.29, 0.717) is 5.69 Å². The van der Waals surface area contributed by atoms with E-state index in [1.165, 1.54) is 11.3 Å². The predicted molar refractivity (Wildman–Crippen MR) is 144 cm³/mol. The van der Waals surface area contributed by atoms with Gasteiger partial charge < -0.3 is 10.2 Å². The quantitative estimate of drug-likeness (QED) is 0.543. The maximum atomic E-state index is 13.8. The Morgan fingerprint density at radius 2 is 1.61 bits per heavy atom. The summed E-state index contributed by atoms with van der Waals surface area (Å²) in [5.74, 6) is -0.627. The number of hydrogen-bond donors (Lipinski definition) is 1. The standard InChI is InChI=1S/C28H39N3O4S/c1-20-13-11-17-26(22(20)3)31(36(5,34)35)19-27(32)30(18-24-14-10-9-12-21(24)2)23(4)28(33)29-25-15-7-6-8-16-25/h9-14,17,23,25H,6-8,15-16,18-19H2,1-5H3,(H,29,33). The van der Waals surface area contributed by atoms with Crippen LogP contribution in [0.15, 0.2) is 42.5 Å². The molecule has 2 aromatic rings. The van der Waals surface area contributed by atoms with Crippen LogP contribution in [-0.2, 0) is 26.2 Å². The lowest BCUT2D eigenvalue weighted by Gasteiger charge is -2.33. The minimum atomic E-state index is -3.75. The summed E-state index contributed by atoms with van der Waals surface area (Å²) < 4.78 is 26.8. The van der Waals surface area contributed by atoms with Gasteiger partial charge in [0.1, 0.15) is 12.6 Å². The molecule has 2 amide bonds. The van der Waals surface area contributed by atoms with Crippen LogP contribution in [0.1, 0.15) is 61.3 Å². The van der Waals surface area contributed by atoms with E-state index >= 15 is 0 Å². The van der Waals surface area contributed by atoms with Gasteiger partial charge in [-0.3, -0.25) is 13.9 Å². The van der Waals surface area contributed by atoms with Crippen LogP contribution in [0.2, 0.25) is 0 Å². The number of aryl methyl sites for hydroxylation is 2. The molecule has 1 aliphatic rings. The van der Waals surface area contributed by atoms with E-state index in [-0.39, 0.29) is 25.0 Å². The fourth-order valence-electron chi connectivity index (χ4n) is 4.72. The van der Waals surface area contributed by atoms with Crippen molar-refractivity contribution in [3.05, 3.63) is 64.7 Å². The molecule has 3 rings (SSSR count). The molecule has 196 valence electrons. The second-order valence-corrected chi connectivity index (χ2v) is 11.9. The van der Waals surface area contributed by atoms with Crippen LogP contribution in [-0.4, -0.2) is 50.0 Å². The zero-order valence-corrected chi connectivity index (χ0v) is 22.9. The maximum Gasteiger partial charge on any atom is 0.244 e. The third-order valence-electron chi connectivity index (χ3n) is 7.24. The number of hydrogen-bond acceptors (Lipinski definition) is 4. The molecule has 1 fully saturated rings. The number of sulfonamides is 1. The van der Waals surface area contributed by atoms with E-state index in [1.807, 2.05) is 51.1 Å². The highest BCUT2D eigenvalue weighted by atomic mass is 32.2. The summed E-state index contributed by atoms with van der Waals surface area (Å²) in [5, 5.41) is 3.12. The van der Waals surface area contributed by atoms with E-state index in [4.69, 9.17) is 0 Å². The second-order valence-electron chi connectivity index (χ2n) is 9.96. The van der Waals surface area contributed by atoms with Gasteiger partial charge in [-0.1, -0.05) is 55.7 Å². The van der Waals surface area contributed by atoms with Crippen LogP contribution < -0.4 is 9.62 Å². The summed E-state index contributed by atoms with van der Waals surface area (Å²) >= 11 is 0. The number of benzene rings is 2. The molecule has 2 aromatic carbocycles. The van der Waals surface area contributed by atoms with E-state index in [1.54, 1.807) is 19.1 Å². The van der Waals surface area contributed by atoms with E-state index < -0.39 is 22.0 Å². The van der Waals surface area contributed by atoms with Crippen molar-refractivity contribution in [2.75, 3.05) is 17.1 Å². The Bertz CT molecular complexity index is 1190. The van der Waals surface area contributed by atoms with Gasteiger partial charge in [0.05, 0.1) is 11.9 Å². The number of amides is 2. The Morgan fingerprint density at radius 3 is 2.25 bits per heavy atom. The summed E-state index contributed by atoms with van der Waals surface area (Å²) in [7, 11) is -3.75. The largest absolute Gasteiger partial charge is 0.352 e. The fraction of sp³-hybridized carbons (Fsp3) is 0.500. The minimum Gasteiger partial charge on any atom is -0.352 e. The first-order valence-electron chi connectivity index (χ1n) is 12.7. The summed E-state index contributed by atoms with van der Waals surface area (Å²) in [4.78, 5) is 28.5. The number of nitrogens with zero attached hydrogens (tertiary/aromatic N) is 2. The van der Waals surface area contributed by atoms with Crippen molar-refractivity contribution in [2.24, 2.45) is 0 Å². The zero-order valence-electron chi connectivity index (χ0n) is 22.1.